The van der Waals surface area contributed by atoms with Crippen molar-refractivity contribution in [3.8, 4) is 0 Å². The van der Waals surface area contributed by atoms with Crippen molar-refractivity contribution < 1.29 is 18.3 Å². The number of carbonyl (C=O) groups excluding carboxylic acids is 1. The summed E-state index contributed by atoms with van der Waals surface area (Å²) in [7, 11) is 1.33. The van der Waals surface area contributed by atoms with E-state index in [1.807, 2.05) is 0 Å². The van der Waals surface area contributed by atoms with Gasteiger partial charge in [-0.2, -0.15) is 13.9 Å². The van der Waals surface area contributed by atoms with E-state index in [2.05, 4.69) is 25.8 Å². The Morgan fingerprint density at radius 3 is 2.73 bits per heavy atom. The molecule has 4 nitrogen and oxygen atoms in total. The number of halogens is 3. The normalized spacial score (nSPS) is 11.5. The highest BCUT2D eigenvalue weighted by Crippen LogP contribution is 2.34. The molecular formula is C8H9BrF2N2O2. The minimum Gasteiger partial charge on any atom is -0.461 e. The van der Waals surface area contributed by atoms with Crippen molar-refractivity contribution in [3.63, 3.8) is 0 Å². The zero-order valence-corrected chi connectivity index (χ0v) is 9.72. The second kappa shape index (κ2) is 4.26. The summed E-state index contributed by atoms with van der Waals surface area (Å²) in [5.41, 5.74) is -0.513. The molecule has 7 heteroatoms. The Bertz CT molecular complexity index is 359. The van der Waals surface area contributed by atoms with Crippen LogP contribution in [0.5, 0.6) is 0 Å². The highest BCUT2D eigenvalue weighted by Gasteiger charge is 2.46. The van der Waals surface area contributed by atoms with Crippen molar-refractivity contribution in [1.29, 1.82) is 0 Å². The summed E-state index contributed by atoms with van der Waals surface area (Å²) in [6, 6.07) is 0. The van der Waals surface area contributed by atoms with Gasteiger partial charge in [-0.15, -0.1) is 0 Å². The Kier molecular flexibility index (Phi) is 3.43. The lowest BCUT2D eigenvalue weighted by Crippen LogP contribution is -2.31. The first kappa shape index (κ1) is 12.1. The average Bonchev–Trinajstić information content (AvgIpc) is 2.46. The molecule has 1 aromatic heterocycles. The van der Waals surface area contributed by atoms with E-state index >= 15 is 0 Å². The lowest BCUT2D eigenvalue weighted by atomic mass is 10.2. The van der Waals surface area contributed by atoms with Crippen molar-refractivity contribution in [2.24, 2.45) is 7.05 Å². The lowest BCUT2D eigenvalue weighted by Gasteiger charge is -2.15. The number of carbonyl (C=O) groups is 1. The van der Waals surface area contributed by atoms with Gasteiger partial charge in [0.25, 0.3) is 0 Å². The highest BCUT2D eigenvalue weighted by molar-refractivity contribution is 9.10. The monoisotopic (exact) mass is 282 g/mol. The molecule has 0 N–H and O–H groups in total. The van der Waals surface area contributed by atoms with Gasteiger partial charge in [0.05, 0.1) is 17.3 Å². The zero-order chi connectivity index (χ0) is 11.6. The maximum absolute atomic E-state index is 13.5. The van der Waals surface area contributed by atoms with E-state index in [1.165, 1.54) is 20.2 Å². The molecule has 0 saturated heterocycles. The quantitative estimate of drug-likeness (QED) is 0.795. The average molecular weight is 283 g/mol. The van der Waals surface area contributed by atoms with Gasteiger partial charge < -0.3 is 4.74 Å². The van der Waals surface area contributed by atoms with Gasteiger partial charge in [-0.1, -0.05) is 0 Å². The molecule has 0 atom stereocenters. The van der Waals surface area contributed by atoms with Crippen molar-refractivity contribution in [1.82, 2.24) is 9.78 Å². The number of esters is 1. The Morgan fingerprint density at radius 1 is 1.73 bits per heavy atom. The van der Waals surface area contributed by atoms with Crippen molar-refractivity contribution >= 4 is 21.9 Å². The molecule has 0 aliphatic heterocycles. The molecule has 1 heterocycles. The van der Waals surface area contributed by atoms with E-state index in [4.69, 9.17) is 0 Å². The first-order chi connectivity index (χ1) is 6.91. The molecule has 84 valence electrons. The smallest absolute Gasteiger partial charge is 0.385 e. The number of hydrogen-bond donors (Lipinski definition) is 0. The predicted molar refractivity (Wildman–Crippen MR) is 51.4 cm³/mol. The van der Waals surface area contributed by atoms with Crippen LogP contribution in [0.1, 0.15) is 12.6 Å². The molecule has 0 fully saturated rings. The molecule has 0 aliphatic carbocycles. The SMILES string of the molecule is CCOC(=O)C(F)(F)c1c(Br)cnn1C. The van der Waals surface area contributed by atoms with Crippen molar-refractivity contribution in [3.05, 3.63) is 16.4 Å². The van der Waals surface area contributed by atoms with E-state index in [1.54, 1.807) is 0 Å². The molecule has 0 amide bonds. The van der Waals surface area contributed by atoms with Gasteiger partial charge in [0.15, 0.2) is 0 Å². The van der Waals surface area contributed by atoms with Gasteiger partial charge in [0, 0.05) is 7.05 Å². The fourth-order valence-electron chi connectivity index (χ4n) is 1.08. The number of alkyl halides is 2. The van der Waals surface area contributed by atoms with Crippen LogP contribution in [0.25, 0.3) is 0 Å². The van der Waals surface area contributed by atoms with E-state index in [9.17, 15) is 13.6 Å². The fourth-order valence-corrected chi connectivity index (χ4v) is 1.68. The molecule has 1 rings (SSSR count). The summed E-state index contributed by atoms with van der Waals surface area (Å²) in [5, 5.41) is 3.61. The molecule has 0 spiro atoms. The lowest BCUT2D eigenvalue weighted by molar-refractivity contribution is -0.174. The molecule has 0 saturated carbocycles. The van der Waals surface area contributed by atoms with Crippen molar-refractivity contribution in [2.75, 3.05) is 6.61 Å². The summed E-state index contributed by atoms with van der Waals surface area (Å²) in [6.07, 6.45) is 1.20. The van der Waals surface area contributed by atoms with Crippen LogP contribution in [-0.4, -0.2) is 22.4 Å². The second-order valence-electron chi connectivity index (χ2n) is 2.76. The first-order valence-corrected chi connectivity index (χ1v) is 4.93. The highest BCUT2D eigenvalue weighted by atomic mass is 79.9. The van der Waals surface area contributed by atoms with Gasteiger partial charge in [-0.3, -0.25) is 4.68 Å². The Balaban J connectivity index is 3.10. The van der Waals surface area contributed by atoms with E-state index in [0.717, 1.165) is 4.68 Å². The first-order valence-electron chi connectivity index (χ1n) is 4.14. The maximum Gasteiger partial charge on any atom is 0.385 e. The summed E-state index contributed by atoms with van der Waals surface area (Å²) in [5.74, 6) is -5.27. The molecule has 0 unspecified atom stereocenters. The number of aromatic nitrogens is 2. The molecule has 15 heavy (non-hydrogen) atoms. The Labute approximate surface area is 93.3 Å². The van der Waals surface area contributed by atoms with Gasteiger partial charge in [0.2, 0.25) is 0 Å². The fraction of sp³-hybridized carbons (Fsp3) is 0.500. The van der Waals surface area contributed by atoms with Gasteiger partial charge in [0.1, 0.15) is 5.69 Å². The van der Waals surface area contributed by atoms with Gasteiger partial charge in [-0.05, 0) is 22.9 Å². The van der Waals surface area contributed by atoms with E-state index in [-0.39, 0.29) is 11.1 Å². The number of aryl methyl sites for hydroxylation is 1. The van der Waals surface area contributed by atoms with Crippen LogP contribution >= 0.6 is 15.9 Å². The predicted octanol–water partition coefficient (Wildman–Crippen LogP) is 1.84. The Hall–Kier alpha value is -0.980. The van der Waals surface area contributed by atoms with Gasteiger partial charge >= 0.3 is 11.9 Å². The van der Waals surface area contributed by atoms with Crippen LogP contribution in [-0.2, 0) is 22.5 Å². The number of rotatable bonds is 3. The number of ether oxygens (including phenoxy) is 1. The third-order valence-corrected chi connectivity index (χ3v) is 2.30. The minimum atomic E-state index is -3.69. The van der Waals surface area contributed by atoms with E-state index in [0.29, 0.717) is 0 Å². The van der Waals surface area contributed by atoms with Crippen LogP contribution in [0.15, 0.2) is 10.7 Å². The standard InChI is InChI=1S/C8H9BrF2N2O2/c1-3-15-7(14)8(10,11)6-5(9)4-12-13(6)2/h4H,3H2,1-2H3. The summed E-state index contributed by atoms with van der Waals surface area (Å²) in [6.45, 7) is 1.37. The Morgan fingerprint density at radius 2 is 2.33 bits per heavy atom. The molecule has 0 radical (unpaired) electrons. The number of hydrogen-bond acceptors (Lipinski definition) is 3. The van der Waals surface area contributed by atoms with Crippen LogP contribution in [0.4, 0.5) is 8.78 Å². The topological polar surface area (TPSA) is 44.1 Å². The zero-order valence-electron chi connectivity index (χ0n) is 8.13. The summed E-state index contributed by atoms with van der Waals surface area (Å²) >= 11 is 2.90. The molecule has 0 aromatic carbocycles. The molecular weight excluding hydrogens is 274 g/mol. The number of nitrogens with zero attached hydrogens (tertiary/aromatic N) is 2. The van der Waals surface area contributed by atoms with Crippen LogP contribution in [0.3, 0.4) is 0 Å². The largest absolute Gasteiger partial charge is 0.461 e. The van der Waals surface area contributed by atoms with Crippen LogP contribution in [0.2, 0.25) is 0 Å². The summed E-state index contributed by atoms with van der Waals surface area (Å²) < 4.78 is 32.3. The molecule has 0 bridgehead atoms. The molecule has 1 aromatic rings. The summed E-state index contributed by atoms with van der Waals surface area (Å²) in [4.78, 5) is 11.0. The maximum atomic E-state index is 13.5. The van der Waals surface area contributed by atoms with Crippen LogP contribution < -0.4 is 0 Å². The van der Waals surface area contributed by atoms with Crippen LogP contribution in [0, 0.1) is 0 Å². The third kappa shape index (κ3) is 2.17. The molecule has 0 aliphatic rings. The van der Waals surface area contributed by atoms with E-state index < -0.39 is 17.6 Å². The minimum absolute atomic E-state index is 0.0723. The second-order valence-corrected chi connectivity index (χ2v) is 3.61. The third-order valence-electron chi connectivity index (χ3n) is 1.72. The van der Waals surface area contributed by atoms with Crippen molar-refractivity contribution in [2.45, 2.75) is 12.8 Å². The van der Waals surface area contributed by atoms with Gasteiger partial charge in [-0.25, -0.2) is 4.79 Å².